The van der Waals surface area contributed by atoms with E-state index in [9.17, 15) is 0 Å². The van der Waals surface area contributed by atoms with Crippen molar-refractivity contribution in [1.29, 1.82) is 0 Å². The van der Waals surface area contributed by atoms with Crippen LogP contribution in [0, 0.1) is 0 Å². The minimum Gasteiger partial charge on any atom is -0.487 e. The Bertz CT molecular complexity index is 904. The third-order valence-electron chi connectivity index (χ3n) is 4.79. The topological polar surface area (TPSA) is 87.1 Å². The summed E-state index contributed by atoms with van der Waals surface area (Å²) in [6, 6.07) is 13.6. The molecule has 0 aliphatic heterocycles. The lowest BCUT2D eigenvalue weighted by Gasteiger charge is -2.17. The van der Waals surface area contributed by atoms with Crippen LogP contribution in [0.4, 0.5) is 0 Å². The van der Waals surface area contributed by atoms with Gasteiger partial charge in [-0.1, -0.05) is 36.2 Å². The number of pyridine rings is 1. The van der Waals surface area contributed by atoms with Crippen molar-refractivity contribution in [3.05, 3.63) is 71.6 Å². The predicted molar refractivity (Wildman–Crippen MR) is 110 cm³/mol. The Balaban J connectivity index is 0.00000225. The van der Waals surface area contributed by atoms with Gasteiger partial charge in [0.25, 0.3) is 5.89 Å². The first-order chi connectivity index (χ1) is 13.2. The maximum Gasteiger partial charge on any atom is 0.250 e. The summed E-state index contributed by atoms with van der Waals surface area (Å²) in [6.07, 6.45) is 9.55. The second-order valence-corrected chi connectivity index (χ2v) is 6.83. The molecule has 0 bridgehead atoms. The molecule has 2 heterocycles. The molecule has 0 amide bonds. The molecule has 0 spiro atoms. The van der Waals surface area contributed by atoms with Crippen LogP contribution in [0.25, 0.3) is 12.2 Å². The molecule has 2 N–H and O–H groups in total. The number of nitrogens with zero attached hydrogens (tertiary/aromatic N) is 3. The highest BCUT2D eigenvalue weighted by atomic mass is 35.5. The summed E-state index contributed by atoms with van der Waals surface area (Å²) in [5.74, 6) is 1.87. The second kappa shape index (κ2) is 8.99. The fourth-order valence-electron chi connectivity index (χ4n) is 3.22. The number of hydrogen-bond donors (Lipinski definition) is 1. The SMILES string of the molecule is Cl.NC1(c2noc(/C=C/c3ccc(OCc4ccccn4)cc3)n2)CCCC1. The van der Waals surface area contributed by atoms with E-state index in [0.717, 1.165) is 42.7 Å². The van der Waals surface area contributed by atoms with E-state index in [2.05, 4.69) is 15.1 Å². The minimum absolute atomic E-state index is 0. The highest BCUT2D eigenvalue weighted by Gasteiger charge is 2.35. The summed E-state index contributed by atoms with van der Waals surface area (Å²) in [4.78, 5) is 8.68. The predicted octanol–water partition coefficient (Wildman–Crippen LogP) is 4.36. The van der Waals surface area contributed by atoms with Crippen molar-refractivity contribution >= 4 is 24.6 Å². The molecule has 6 nitrogen and oxygen atoms in total. The fraction of sp³-hybridized carbons (Fsp3) is 0.286. The van der Waals surface area contributed by atoms with Gasteiger partial charge in [0, 0.05) is 12.3 Å². The molecule has 2 aromatic heterocycles. The van der Waals surface area contributed by atoms with Crippen LogP contribution in [0.15, 0.2) is 53.2 Å². The van der Waals surface area contributed by atoms with Gasteiger partial charge in [0.2, 0.25) is 0 Å². The molecule has 1 saturated carbocycles. The van der Waals surface area contributed by atoms with Crippen LogP contribution in [0.3, 0.4) is 0 Å². The van der Waals surface area contributed by atoms with Gasteiger partial charge in [-0.2, -0.15) is 4.98 Å². The van der Waals surface area contributed by atoms with E-state index in [-0.39, 0.29) is 12.4 Å². The van der Waals surface area contributed by atoms with Crippen LogP contribution in [-0.4, -0.2) is 15.1 Å². The maximum atomic E-state index is 6.36. The Morgan fingerprint density at radius 2 is 1.86 bits per heavy atom. The van der Waals surface area contributed by atoms with Gasteiger partial charge in [0.15, 0.2) is 5.82 Å². The van der Waals surface area contributed by atoms with Gasteiger partial charge in [-0.25, -0.2) is 0 Å². The first kappa shape index (κ1) is 20.0. The first-order valence-corrected chi connectivity index (χ1v) is 9.15. The Hall–Kier alpha value is -2.70. The summed E-state index contributed by atoms with van der Waals surface area (Å²) in [5, 5.41) is 4.06. The number of halogens is 1. The molecule has 3 aromatic rings. The third kappa shape index (κ3) is 4.77. The van der Waals surface area contributed by atoms with Crippen molar-refractivity contribution < 1.29 is 9.26 Å². The van der Waals surface area contributed by atoms with E-state index in [0.29, 0.717) is 18.3 Å². The quantitative estimate of drug-likeness (QED) is 0.663. The summed E-state index contributed by atoms with van der Waals surface area (Å²) in [6.45, 7) is 0.446. The Morgan fingerprint density at radius 1 is 1.07 bits per heavy atom. The average Bonchev–Trinajstić information content (AvgIpc) is 3.37. The van der Waals surface area contributed by atoms with Crippen LogP contribution in [0.1, 0.15) is 48.7 Å². The summed E-state index contributed by atoms with van der Waals surface area (Å²) in [7, 11) is 0. The number of aromatic nitrogens is 3. The molecule has 146 valence electrons. The molecule has 0 atom stereocenters. The van der Waals surface area contributed by atoms with Gasteiger partial charge in [0.1, 0.15) is 12.4 Å². The molecule has 1 aliphatic rings. The lowest BCUT2D eigenvalue weighted by atomic mass is 9.99. The largest absolute Gasteiger partial charge is 0.487 e. The van der Waals surface area contributed by atoms with Gasteiger partial charge < -0.3 is 15.0 Å². The van der Waals surface area contributed by atoms with Gasteiger partial charge >= 0.3 is 0 Å². The van der Waals surface area contributed by atoms with Crippen molar-refractivity contribution in [1.82, 2.24) is 15.1 Å². The molecule has 28 heavy (non-hydrogen) atoms. The van der Waals surface area contributed by atoms with Crippen molar-refractivity contribution in [3.63, 3.8) is 0 Å². The Morgan fingerprint density at radius 3 is 2.57 bits per heavy atom. The van der Waals surface area contributed by atoms with E-state index in [1.54, 1.807) is 12.3 Å². The Kier molecular flexibility index (Phi) is 6.44. The molecule has 7 heteroatoms. The Labute approximate surface area is 170 Å². The van der Waals surface area contributed by atoms with Gasteiger partial charge in [-0.05, 0) is 48.7 Å². The van der Waals surface area contributed by atoms with Crippen molar-refractivity contribution in [3.8, 4) is 5.75 Å². The number of ether oxygens (including phenoxy) is 1. The van der Waals surface area contributed by atoms with Crippen LogP contribution >= 0.6 is 12.4 Å². The molecule has 0 saturated heterocycles. The summed E-state index contributed by atoms with van der Waals surface area (Å²) < 4.78 is 11.1. The lowest BCUT2D eigenvalue weighted by molar-refractivity contribution is 0.301. The molecule has 1 fully saturated rings. The van der Waals surface area contributed by atoms with E-state index in [1.165, 1.54) is 0 Å². The maximum absolute atomic E-state index is 6.36. The van der Waals surface area contributed by atoms with Gasteiger partial charge in [-0.3, -0.25) is 4.98 Å². The van der Waals surface area contributed by atoms with E-state index >= 15 is 0 Å². The lowest BCUT2D eigenvalue weighted by Crippen LogP contribution is -2.34. The molecule has 0 radical (unpaired) electrons. The average molecular weight is 399 g/mol. The smallest absolute Gasteiger partial charge is 0.250 e. The molecule has 0 unspecified atom stereocenters. The second-order valence-electron chi connectivity index (χ2n) is 6.83. The summed E-state index contributed by atoms with van der Waals surface area (Å²) >= 11 is 0. The molecule has 1 aromatic carbocycles. The van der Waals surface area contributed by atoms with E-state index in [4.69, 9.17) is 15.0 Å². The molecule has 1 aliphatic carbocycles. The van der Waals surface area contributed by atoms with Crippen LogP contribution in [0.5, 0.6) is 5.75 Å². The van der Waals surface area contributed by atoms with Crippen LogP contribution < -0.4 is 10.5 Å². The highest BCUT2D eigenvalue weighted by Crippen LogP contribution is 2.34. The monoisotopic (exact) mass is 398 g/mol. The van der Waals surface area contributed by atoms with Crippen LogP contribution in [-0.2, 0) is 12.1 Å². The normalized spacial score (nSPS) is 15.5. The summed E-state index contributed by atoms with van der Waals surface area (Å²) in [5.41, 5.74) is 7.85. The number of hydrogen-bond acceptors (Lipinski definition) is 6. The minimum atomic E-state index is -0.428. The zero-order chi connectivity index (χ0) is 18.5. The van der Waals surface area contributed by atoms with Crippen molar-refractivity contribution in [2.45, 2.75) is 37.8 Å². The van der Waals surface area contributed by atoms with Gasteiger partial charge in [-0.15, -0.1) is 12.4 Å². The van der Waals surface area contributed by atoms with Gasteiger partial charge in [0.05, 0.1) is 11.2 Å². The fourth-order valence-corrected chi connectivity index (χ4v) is 3.22. The zero-order valence-corrected chi connectivity index (χ0v) is 16.3. The first-order valence-electron chi connectivity index (χ1n) is 9.15. The highest BCUT2D eigenvalue weighted by molar-refractivity contribution is 5.85. The molecular formula is C21H23ClN4O2. The molecular weight excluding hydrogens is 376 g/mol. The van der Waals surface area contributed by atoms with Crippen molar-refractivity contribution in [2.24, 2.45) is 5.73 Å². The number of rotatable bonds is 6. The molecule has 4 rings (SSSR count). The van der Waals surface area contributed by atoms with E-state index in [1.807, 2.05) is 48.5 Å². The van der Waals surface area contributed by atoms with Crippen LogP contribution in [0.2, 0.25) is 0 Å². The third-order valence-corrected chi connectivity index (χ3v) is 4.79. The van der Waals surface area contributed by atoms with E-state index < -0.39 is 5.54 Å². The standard InChI is InChI=1S/C21H22N4O2.ClH/c22-21(12-2-3-13-21)20-24-19(27-25-20)11-8-16-6-9-18(10-7-16)26-15-17-5-1-4-14-23-17;/h1,4-11,14H,2-3,12-13,15,22H2;1H/b11-8+;. The zero-order valence-electron chi connectivity index (χ0n) is 15.5. The number of nitrogens with two attached hydrogens (primary N) is 1. The van der Waals surface area contributed by atoms with Crippen molar-refractivity contribution in [2.75, 3.05) is 0 Å². The number of benzene rings is 1.